The van der Waals surface area contributed by atoms with Crippen LogP contribution in [-0.4, -0.2) is 0 Å². The first kappa shape index (κ1) is 14.0. The Morgan fingerprint density at radius 1 is 0.667 bits per heavy atom. The van der Waals surface area contributed by atoms with Crippen LogP contribution in [0.25, 0.3) is 11.1 Å². The van der Waals surface area contributed by atoms with Gasteiger partial charge in [0.15, 0.2) is 0 Å². The first-order valence-electron chi connectivity index (χ1n) is 6.60. The number of benzene rings is 3. The molecule has 3 rings (SSSR count). The van der Waals surface area contributed by atoms with Crippen molar-refractivity contribution >= 4 is 34.6 Å². The third-order valence-electron chi connectivity index (χ3n) is 3.21. The molecule has 1 nitrogen and oxygen atoms in total. The van der Waals surface area contributed by atoms with Crippen LogP contribution in [0.15, 0.2) is 72.8 Å². The van der Waals surface area contributed by atoms with Crippen LogP contribution in [0.1, 0.15) is 0 Å². The molecule has 0 radical (unpaired) electrons. The van der Waals surface area contributed by atoms with Crippen LogP contribution in [0.2, 0.25) is 10.0 Å². The third-order valence-corrected chi connectivity index (χ3v) is 3.87. The lowest BCUT2D eigenvalue weighted by molar-refractivity contribution is 1.54. The Bertz CT molecular complexity index is 737. The molecule has 0 aliphatic carbocycles. The number of hydrogen-bond donors (Lipinski definition) is 1. The first-order chi connectivity index (χ1) is 10.2. The lowest BCUT2D eigenvalue weighted by Crippen LogP contribution is -1.92. The molecule has 0 unspecified atom stereocenters. The van der Waals surface area contributed by atoms with E-state index in [1.807, 2.05) is 72.8 Å². The Kier molecular flexibility index (Phi) is 4.14. The van der Waals surface area contributed by atoms with Gasteiger partial charge in [-0.2, -0.15) is 0 Å². The quantitative estimate of drug-likeness (QED) is 0.589. The van der Waals surface area contributed by atoms with Crippen molar-refractivity contribution in [3.05, 3.63) is 82.8 Å². The predicted molar refractivity (Wildman–Crippen MR) is 91.6 cm³/mol. The van der Waals surface area contributed by atoms with E-state index in [1.54, 1.807) is 0 Å². The minimum absolute atomic E-state index is 0.707. The van der Waals surface area contributed by atoms with E-state index in [-0.39, 0.29) is 0 Å². The van der Waals surface area contributed by atoms with Crippen molar-refractivity contribution in [3.63, 3.8) is 0 Å². The Morgan fingerprint density at radius 3 is 2.10 bits per heavy atom. The molecule has 0 fully saturated rings. The molecule has 21 heavy (non-hydrogen) atoms. The van der Waals surface area contributed by atoms with Crippen LogP contribution in [-0.2, 0) is 0 Å². The van der Waals surface area contributed by atoms with Crippen molar-refractivity contribution in [2.75, 3.05) is 5.32 Å². The summed E-state index contributed by atoms with van der Waals surface area (Å²) in [6, 6.07) is 23.6. The molecule has 0 spiro atoms. The van der Waals surface area contributed by atoms with Crippen molar-refractivity contribution in [3.8, 4) is 11.1 Å². The molecular formula is C18H13Cl2N. The Balaban J connectivity index is 1.95. The van der Waals surface area contributed by atoms with E-state index < -0.39 is 0 Å². The monoisotopic (exact) mass is 313 g/mol. The van der Waals surface area contributed by atoms with Gasteiger partial charge >= 0.3 is 0 Å². The summed E-state index contributed by atoms with van der Waals surface area (Å²) in [5.41, 5.74) is 3.94. The molecule has 0 aliphatic rings. The van der Waals surface area contributed by atoms with Crippen molar-refractivity contribution in [2.45, 2.75) is 0 Å². The van der Waals surface area contributed by atoms with E-state index in [1.165, 1.54) is 0 Å². The second-order valence-electron chi connectivity index (χ2n) is 4.67. The predicted octanol–water partition coefficient (Wildman–Crippen LogP) is 6.40. The van der Waals surface area contributed by atoms with E-state index in [0.29, 0.717) is 10.0 Å². The van der Waals surface area contributed by atoms with Gasteiger partial charge in [0.25, 0.3) is 0 Å². The molecule has 0 amide bonds. The maximum absolute atomic E-state index is 6.54. The van der Waals surface area contributed by atoms with Gasteiger partial charge in [0.05, 0.1) is 10.7 Å². The van der Waals surface area contributed by atoms with E-state index in [9.17, 15) is 0 Å². The van der Waals surface area contributed by atoms with Gasteiger partial charge in [-0.25, -0.2) is 0 Å². The first-order valence-corrected chi connectivity index (χ1v) is 7.36. The fourth-order valence-electron chi connectivity index (χ4n) is 2.16. The molecule has 3 aromatic rings. The number of halogens is 2. The average Bonchev–Trinajstić information content (AvgIpc) is 2.52. The average molecular weight is 314 g/mol. The highest BCUT2D eigenvalue weighted by atomic mass is 35.5. The minimum atomic E-state index is 0.707. The summed E-state index contributed by atoms with van der Waals surface area (Å²) < 4.78 is 0. The number of rotatable bonds is 3. The van der Waals surface area contributed by atoms with Gasteiger partial charge in [0.1, 0.15) is 0 Å². The van der Waals surface area contributed by atoms with Crippen LogP contribution < -0.4 is 5.32 Å². The second-order valence-corrected chi connectivity index (χ2v) is 5.48. The van der Waals surface area contributed by atoms with Crippen LogP contribution in [0.5, 0.6) is 0 Å². The van der Waals surface area contributed by atoms with Crippen molar-refractivity contribution < 1.29 is 0 Å². The molecule has 1 N–H and O–H groups in total. The summed E-state index contributed by atoms with van der Waals surface area (Å²) in [7, 11) is 0. The summed E-state index contributed by atoms with van der Waals surface area (Å²) >= 11 is 12.4. The fourth-order valence-corrected chi connectivity index (χ4v) is 2.57. The van der Waals surface area contributed by atoms with Gasteiger partial charge in [-0.15, -0.1) is 0 Å². The van der Waals surface area contributed by atoms with Crippen molar-refractivity contribution in [1.82, 2.24) is 0 Å². The zero-order valence-corrected chi connectivity index (χ0v) is 12.7. The maximum Gasteiger partial charge on any atom is 0.0719 e. The smallest absolute Gasteiger partial charge is 0.0719 e. The van der Waals surface area contributed by atoms with Gasteiger partial charge < -0.3 is 5.32 Å². The molecule has 104 valence electrons. The van der Waals surface area contributed by atoms with Crippen LogP contribution in [0.4, 0.5) is 11.4 Å². The third kappa shape index (κ3) is 3.21. The van der Waals surface area contributed by atoms with Gasteiger partial charge in [-0.05, 0) is 35.9 Å². The van der Waals surface area contributed by atoms with E-state index in [4.69, 9.17) is 23.2 Å². The topological polar surface area (TPSA) is 12.0 Å². The number of nitrogens with one attached hydrogen (secondary N) is 1. The SMILES string of the molecule is Clc1ccc(Nc2cccc(-c3ccccc3)c2Cl)cc1. The molecule has 0 bridgehead atoms. The van der Waals surface area contributed by atoms with E-state index >= 15 is 0 Å². The molecular weight excluding hydrogens is 301 g/mol. The Morgan fingerprint density at radius 2 is 1.38 bits per heavy atom. The molecule has 0 saturated carbocycles. The fraction of sp³-hybridized carbons (Fsp3) is 0. The summed E-state index contributed by atoms with van der Waals surface area (Å²) in [4.78, 5) is 0. The lowest BCUT2D eigenvalue weighted by atomic mass is 10.0. The van der Waals surface area contributed by atoms with Crippen molar-refractivity contribution in [2.24, 2.45) is 0 Å². The molecule has 0 heterocycles. The van der Waals surface area contributed by atoms with E-state index in [2.05, 4.69) is 5.32 Å². The number of anilines is 2. The molecule has 0 saturated heterocycles. The number of hydrogen-bond acceptors (Lipinski definition) is 1. The highest BCUT2D eigenvalue weighted by Crippen LogP contribution is 2.35. The summed E-state index contributed by atoms with van der Waals surface area (Å²) in [5.74, 6) is 0. The van der Waals surface area contributed by atoms with E-state index in [0.717, 1.165) is 22.5 Å². The summed E-state index contributed by atoms with van der Waals surface area (Å²) in [5, 5.41) is 4.74. The van der Waals surface area contributed by atoms with Gasteiger partial charge in [0.2, 0.25) is 0 Å². The standard InChI is InChI=1S/C18H13Cl2N/c19-14-9-11-15(12-10-14)21-17-8-4-7-16(18(17)20)13-5-2-1-3-6-13/h1-12,21H. The lowest BCUT2D eigenvalue weighted by Gasteiger charge is -2.12. The van der Waals surface area contributed by atoms with Gasteiger partial charge in [-0.3, -0.25) is 0 Å². The maximum atomic E-state index is 6.54. The summed E-state index contributed by atoms with van der Waals surface area (Å²) in [6.07, 6.45) is 0. The van der Waals surface area contributed by atoms with Crippen molar-refractivity contribution in [1.29, 1.82) is 0 Å². The Hall–Kier alpha value is -1.96. The van der Waals surface area contributed by atoms with Gasteiger partial charge in [0, 0.05) is 16.3 Å². The summed E-state index contributed by atoms with van der Waals surface area (Å²) in [6.45, 7) is 0. The van der Waals surface area contributed by atoms with Gasteiger partial charge in [-0.1, -0.05) is 65.7 Å². The minimum Gasteiger partial charge on any atom is -0.354 e. The van der Waals surface area contributed by atoms with Crippen LogP contribution in [0, 0.1) is 0 Å². The Labute approximate surface area is 134 Å². The second kappa shape index (κ2) is 6.21. The highest BCUT2D eigenvalue weighted by Gasteiger charge is 2.08. The normalized spacial score (nSPS) is 10.4. The molecule has 0 aromatic heterocycles. The zero-order chi connectivity index (χ0) is 14.7. The molecule has 3 aromatic carbocycles. The molecule has 0 aliphatic heterocycles. The molecule has 0 atom stereocenters. The van der Waals surface area contributed by atoms with Crippen LogP contribution >= 0.6 is 23.2 Å². The largest absolute Gasteiger partial charge is 0.354 e. The zero-order valence-electron chi connectivity index (χ0n) is 11.2. The molecule has 3 heteroatoms. The highest BCUT2D eigenvalue weighted by molar-refractivity contribution is 6.36. The van der Waals surface area contributed by atoms with Crippen LogP contribution in [0.3, 0.4) is 0 Å².